The van der Waals surface area contributed by atoms with Crippen LogP contribution in [0.1, 0.15) is 41.0 Å². The van der Waals surface area contributed by atoms with Gasteiger partial charge in [0.15, 0.2) is 17.2 Å². The molecule has 0 aliphatic carbocycles. The van der Waals surface area contributed by atoms with Crippen LogP contribution in [-0.4, -0.2) is 133 Å². The molecule has 3 heterocycles. The largest absolute Gasteiger partial charge is 0.481 e. The minimum Gasteiger partial charge on any atom is -0.385 e. The second kappa shape index (κ2) is 18.0. The van der Waals surface area contributed by atoms with Gasteiger partial charge in [0.25, 0.3) is 0 Å². The molecule has 7 unspecified atom stereocenters. The standard InChI is InChI=1S/C26H44N7O18P3S/c1-24(2,19(36)22(37)29-7-6-15(34)28-8-9-55-23(38)25(3,4)39)11-48-54(45,46)51-53(43,44)47-10-14-17(50-52(40,41)42)18(35)26(5,49-14)33-13-32-16-20(27)30-12-31-21(16)33/h12-14,17-19,35-36,39H,6-11H2,1-5H3,(H,28,34)(H,29,37)(H,43,44)(H,45,46)(H2,27,30,31)(H2,40,41,42). The second-order valence-corrected chi connectivity index (χ2v) is 18.6. The van der Waals surface area contributed by atoms with Crippen LogP contribution in [-0.2, 0) is 56.4 Å². The summed E-state index contributed by atoms with van der Waals surface area (Å²) in [6.45, 7) is 4.17. The van der Waals surface area contributed by atoms with E-state index in [1.165, 1.54) is 34.6 Å². The molecule has 0 saturated carbocycles. The fourth-order valence-electron chi connectivity index (χ4n) is 4.76. The van der Waals surface area contributed by atoms with E-state index < -0.39 is 94.8 Å². The molecule has 1 aliphatic rings. The smallest absolute Gasteiger partial charge is 0.385 e. The van der Waals surface area contributed by atoms with Gasteiger partial charge in [0.2, 0.25) is 16.9 Å². The molecule has 2 aromatic heterocycles. The number of nitrogen functional groups attached to an aromatic ring is 1. The van der Waals surface area contributed by atoms with E-state index in [2.05, 4.69) is 29.9 Å². The quantitative estimate of drug-likeness (QED) is 0.0541. The maximum absolute atomic E-state index is 12.7. The zero-order valence-electron chi connectivity index (χ0n) is 29.9. The lowest BCUT2D eigenvalue weighted by Gasteiger charge is -2.30. The van der Waals surface area contributed by atoms with Crippen molar-refractivity contribution in [3.63, 3.8) is 0 Å². The Morgan fingerprint density at radius 2 is 1.69 bits per heavy atom. The molecule has 1 saturated heterocycles. The Bertz CT molecular complexity index is 1860. The van der Waals surface area contributed by atoms with Gasteiger partial charge in [-0.2, -0.15) is 4.31 Å². The predicted molar refractivity (Wildman–Crippen MR) is 188 cm³/mol. The summed E-state index contributed by atoms with van der Waals surface area (Å²) in [4.78, 5) is 87.4. The van der Waals surface area contributed by atoms with Gasteiger partial charge in [-0.1, -0.05) is 25.6 Å². The summed E-state index contributed by atoms with van der Waals surface area (Å²) in [5.74, 6) is -1.36. The molecule has 2 aromatic rings. The van der Waals surface area contributed by atoms with Crippen LogP contribution >= 0.6 is 35.2 Å². The lowest BCUT2D eigenvalue weighted by atomic mass is 9.87. The molecule has 1 aliphatic heterocycles. The number of anilines is 1. The summed E-state index contributed by atoms with van der Waals surface area (Å²) in [6.07, 6.45) is -5.59. The number of carbonyl (C=O) groups excluding carboxylic acids is 3. The summed E-state index contributed by atoms with van der Waals surface area (Å²) in [6, 6.07) is 0. The van der Waals surface area contributed by atoms with E-state index in [4.69, 9.17) is 24.0 Å². The molecule has 25 nitrogen and oxygen atoms in total. The van der Waals surface area contributed by atoms with Gasteiger partial charge in [0, 0.05) is 30.7 Å². The number of imidazole rings is 1. The lowest BCUT2D eigenvalue weighted by molar-refractivity contribution is -0.137. The number of hydrogen-bond donors (Lipinski definition) is 10. The first kappa shape index (κ1) is 46.9. The van der Waals surface area contributed by atoms with Crippen LogP contribution in [0.3, 0.4) is 0 Å². The Labute approximate surface area is 317 Å². The number of phosphoric acid groups is 3. The molecule has 55 heavy (non-hydrogen) atoms. The first-order valence-corrected chi connectivity index (χ1v) is 21.4. The molecule has 7 atom stereocenters. The van der Waals surface area contributed by atoms with Crippen LogP contribution in [0, 0.1) is 5.41 Å². The van der Waals surface area contributed by atoms with Crippen LogP contribution in [0.2, 0.25) is 0 Å². The third-order valence-corrected chi connectivity index (χ3v) is 12.0. The topological polar surface area (TPSA) is 384 Å². The number of phosphoric ester groups is 3. The predicted octanol–water partition coefficient (Wildman–Crippen LogP) is -1.39. The molecule has 0 radical (unpaired) electrons. The van der Waals surface area contributed by atoms with Crippen molar-refractivity contribution in [3.8, 4) is 0 Å². The maximum atomic E-state index is 12.7. The minimum absolute atomic E-state index is 0.0132. The van der Waals surface area contributed by atoms with E-state index in [1.807, 2.05) is 0 Å². The minimum atomic E-state index is -5.60. The summed E-state index contributed by atoms with van der Waals surface area (Å²) in [7, 11) is -16.5. The molecule has 0 bridgehead atoms. The molecule has 312 valence electrons. The first-order valence-electron chi connectivity index (χ1n) is 15.9. The molecule has 11 N–H and O–H groups in total. The zero-order chi connectivity index (χ0) is 41.8. The van der Waals surface area contributed by atoms with Crippen LogP contribution in [0.25, 0.3) is 11.2 Å². The summed E-state index contributed by atoms with van der Waals surface area (Å²) in [5.41, 5.74) is 0.737. The number of amides is 2. The number of thioether (sulfide) groups is 1. The summed E-state index contributed by atoms with van der Waals surface area (Å²) in [5, 5.41) is 35.6. The van der Waals surface area contributed by atoms with Gasteiger partial charge in [-0.25, -0.2) is 28.6 Å². The fraction of sp³-hybridized carbons (Fsp3) is 0.692. The average Bonchev–Trinajstić information content (AvgIpc) is 3.60. The highest BCUT2D eigenvalue weighted by atomic mass is 32.2. The Morgan fingerprint density at radius 1 is 1.05 bits per heavy atom. The summed E-state index contributed by atoms with van der Waals surface area (Å²) < 4.78 is 62.5. The molecule has 29 heteroatoms. The van der Waals surface area contributed by atoms with Gasteiger partial charge in [-0.05, 0) is 20.8 Å². The zero-order valence-corrected chi connectivity index (χ0v) is 33.4. The van der Waals surface area contributed by atoms with Gasteiger partial charge in [0.1, 0.15) is 41.9 Å². The normalized spacial score (nSPS) is 23.5. The molecule has 1 fully saturated rings. The van der Waals surface area contributed by atoms with Gasteiger partial charge < -0.3 is 56.0 Å². The summed E-state index contributed by atoms with van der Waals surface area (Å²) >= 11 is 0.827. The van der Waals surface area contributed by atoms with E-state index in [0.717, 1.165) is 29.0 Å². The van der Waals surface area contributed by atoms with Crippen LogP contribution < -0.4 is 16.4 Å². The number of nitrogens with one attached hydrogen (secondary N) is 2. The SMILES string of the molecule is CC(C)(O)C(=O)SCCNC(=O)CCNC(=O)C(O)C(C)(C)COP(=O)(O)OP(=O)(O)OCC1OC(C)(n2cnc3c(N)ncnc32)C(O)C1OP(=O)(O)O. The number of aliphatic hydroxyl groups is 3. The van der Waals surface area contributed by atoms with Crippen molar-refractivity contribution in [1.29, 1.82) is 0 Å². The van der Waals surface area contributed by atoms with Crippen molar-refractivity contribution in [2.24, 2.45) is 5.41 Å². The highest BCUT2D eigenvalue weighted by molar-refractivity contribution is 8.13. The van der Waals surface area contributed by atoms with E-state index in [9.17, 15) is 63.0 Å². The van der Waals surface area contributed by atoms with Gasteiger partial charge in [-0.3, -0.25) is 32.5 Å². The third-order valence-electron chi connectivity index (χ3n) is 7.72. The number of hydrogen-bond acceptors (Lipinski definition) is 19. The van der Waals surface area contributed by atoms with Gasteiger partial charge >= 0.3 is 23.5 Å². The number of fused-ring (bicyclic) bond motifs is 1. The highest BCUT2D eigenvalue weighted by Gasteiger charge is 2.57. The highest BCUT2D eigenvalue weighted by Crippen LogP contribution is 2.61. The van der Waals surface area contributed by atoms with Crippen molar-refractivity contribution >= 4 is 69.1 Å². The molecule has 2 amide bonds. The van der Waals surface area contributed by atoms with E-state index in [1.54, 1.807) is 0 Å². The number of ether oxygens (including phenoxy) is 1. The number of rotatable bonds is 20. The molecular formula is C26H44N7O18P3S. The van der Waals surface area contributed by atoms with Crippen molar-refractivity contribution in [2.45, 2.75) is 76.8 Å². The van der Waals surface area contributed by atoms with Crippen molar-refractivity contribution in [3.05, 3.63) is 12.7 Å². The van der Waals surface area contributed by atoms with E-state index in [-0.39, 0.29) is 42.2 Å². The van der Waals surface area contributed by atoms with E-state index >= 15 is 0 Å². The Balaban J connectivity index is 1.54. The molecular weight excluding hydrogens is 823 g/mol. The first-order chi connectivity index (χ1) is 25.1. The number of nitrogens with two attached hydrogens (primary N) is 1. The van der Waals surface area contributed by atoms with E-state index in [0.29, 0.717) is 0 Å². The molecule has 3 rings (SSSR count). The van der Waals surface area contributed by atoms with Crippen LogP contribution in [0.15, 0.2) is 12.7 Å². The number of nitrogens with zero attached hydrogens (tertiary/aromatic N) is 4. The van der Waals surface area contributed by atoms with Crippen LogP contribution in [0.4, 0.5) is 5.82 Å². The van der Waals surface area contributed by atoms with Crippen molar-refractivity contribution < 1.29 is 85.6 Å². The van der Waals surface area contributed by atoms with Gasteiger partial charge in [0.05, 0.1) is 19.5 Å². The molecule has 0 aromatic carbocycles. The van der Waals surface area contributed by atoms with Gasteiger partial charge in [-0.15, -0.1) is 0 Å². The second-order valence-electron chi connectivity index (χ2n) is 13.3. The average molecular weight is 868 g/mol. The number of aromatic nitrogens is 4. The maximum Gasteiger partial charge on any atom is 0.481 e. The molecule has 0 spiro atoms. The Morgan fingerprint density at radius 3 is 2.31 bits per heavy atom. The Kier molecular flexibility index (Phi) is 15.3. The lowest BCUT2D eigenvalue weighted by Crippen LogP contribution is -2.46. The number of aliphatic hydroxyl groups excluding tert-OH is 2. The Hall–Kier alpha value is -2.48. The monoisotopic (exact) mass is 867 g/mol. The van der Waals surface area contributed by atoms with Crippen LogP contribution in [0.5, 0.6) is 0 Å². The van der Waals surface area contributed by atoms with Crippen molar-refractivity contribution in [2.75, 3.05) is 37.8 Å². The van der Waals surface area contributed by atoms with Crippen molar-refractivity contribution in [1.82, 2.24) is 30.2 Å². The third kappa shape index (κ3) is 13.0. The number of carbonyl (C=O) groups is 3. The fourth-order valence-corrected chi connectivity index (χ4v) is 8.33.